The minimum Gasteiger partial charge on any atom is -0.343 e. The van der Waals surface area contributed by atoms with E-state index in [9.17, 15) is 4.79 Å². The second-order valence-electron chi connectivity index (χ2n) is 9.31. The third-order valence-corrected chi connectivity index (χ3v) is 7.80. The van der Waals surface area contributed by atoms with Crippen LogP contribution in [0.1, 0.15) is 31.2 Å². The molecule has 1 aliphatic heterocycles. The number of nitrogens with zero attached hydrogens (tertiary/aromatic N) is 4. The number of hydrogen-bond acceptors (Lipinski definition) is 4. The molecular formula is C30H32N4OS. The summed E-state index contributed by atoms with van der Waals surface area (Å²) in [7, 11) is 0. The predicted octanol–water partition coefficient (Wildman–Crippen LogP) is 6.29. The highest BCUT2D eigenvalue weighted by atomic mass is 32.2. The Morgan fingerprint density at radius 3 is 2.17 bits per heavy atom. The van der Waals surface area contributed by atoms with E-state index in [1.165, 1.54) is 5.56 Å². The highest BCUT2D eigenvalue weighted by Crippen LogP contribution is 2.28. The van der Waals surface area contributed by atoms with E-state index in [4.69, 9.17) is 0 Å². The molecule has 1 aliphatic rings. The fourth-order valence-electron chi connectivity index (χ4n) is 4.83. The zero-order valence-electron chi connectivity index (χ0n) is 20.5. The van der Waals surface area contributed by atoms with Crippen molar-refractivity contribution in [1.82, 2.24) is 19.7 Å². The highest BCUT2D eigenvalue weighted by Gasteiger charge is 2.23. The van der Waals surface area contributed by atoms with E-state index >= 15 is 0 Å². The van der Waals surface area contributed by atoms with Gasteiger partial charge in [-0.3, -0.25) is 9.36 Å². The summed E-state index contributed by atoms with van der Waals surface area (Å²) in [6.07, 6.45) is 4.72. The van der Waals surface area contributed by atoms with Gasteiger partial charge in [0.05, 0.1) is 0 Å². The quantitative estimate of drug-likeness (QED) is 0.202. The van der Waals surface area contributed by atoms with E-state index in [0.29, 0.717) is 12.3 Å². The van der Waals surface area contributed by atoms with Gasteiger partial charge in [0.2, 0.25) is 5.91 Å². The molecule has 0 saturated carbocycles. The average molecular weight is 497 g/mol. The summed E-state index contributed by atoms with van der Waals surface area (Å²) in [5.41, 5.74) is 3.47. The normalized spacial score (nSPS) is 14.2. The molecule has 1 amide bonds. The molecule has 3 aromatic carbocycles. The molecule has 0 bridgehead atoms. The first-order valence-corrected chi connectivity index (χ1v) is 13.8. The number of thioether (sulfide) groups is 1. The first-order chi connectivity index (χ1) is 17.8. The number of carbonyl (C=O) groups excluding carboxylic acids is 1. The van der Waals surface area contributed by atoms with Gasteiger partial charge in [0.15, 0.2) is 11.0 Å². The summed E-state index contributed by atoms with van der Waals surface area (Å²) in [6, 6.07) is 31.1. The van der Waals surface area contributed by atoms with Crippen LogP contribution in [0.25, 0.3) is 17.1 Å². The lowest BCUT2D eigenvalue weighted by molar-refractivity contribution is -0.132. The van der Waals surface area contributed by atoms with Gasteiger partial charge in [-0.1, -0.05) is 90.6 Å². The van der Waals surface area contributed by atoms with E-state index < -0.39 is 0 Å². The molecule has 0 unspecified atom stereocenters. The van der Waals surface area contributed by atoms with Crippen LogP contribution in [0.5, 0.6) is 0 Å². The molecule has 0 spiro atoms. The van der Waals surface area contributed by atoms with Gasteiger partial charge in [0.25, 0.3) is 0 Å². The number of likely N-dealkylation sites (tertiary alicyclic amines) is 1. The minimum absolute atomic E-state index is 0.281. The molecule has 0 N–H and O–H groups in total. The Kier molecular flexibility index (Phi) is 8.13. The number of aromatic nitrogens is 3. The first kappa shape index (κ1) is 24.3. The van der Waals surface area contributed by atoms with Crippen LogP contribution in [-0.4, -0.2) is 44.4 Å². The van der Waals surface area contributed by atoms with Crippen molar-refractivity contribution in [3.8, 4) is 17.1 Å². The molecule has 184 valence electrons. The summed E-state index contributed by atoms with van der Waals surface area (Å²) in [6.45, 7) is 1.76. The monoisotopic (exact) mass is 496 g/mol. The highest BCUT2D eigenvalue weighted by molar-refractivity contribution is 7.99. The summed E-state index contributed by atoms with van der Waals surface area (Å²) < 4.78 is 2.11. The smallest absolute Gasteiger partial charge is 0.222 e. The van der Waals surface area contributed by atoms with Crippen LogP contribution < -0.4 is 0 Å². The fraction of sp³-hybridized carbons (Fsp3) is 0.300. The number of piperidine rings is 1. The maximum Gasteiger partial charge on any atom is 0.222 e. The van der Waals surface area contributed by atoms with Crippen molar-refractivity contribution in [2.45, 2.75) is 37.3 Å². The van der Waals surface area contributed by atoms with Gasteiger partial charge in [0, 0.05) is 36.5 Å². The molecule has 1 saturated heterocycles. The van der Waals surface area contributed by atoms with Crippen LogP contribution in [0.15, 0.2) is 96.2 Å². The van der Waals surface area contributed by atoms with Crippen LogP contribution in [0, 0.1) is 5.92 Å². The molecule has 4 aromatic rings. The van der Waals surface area contributed by atoms with Crippen molar-refractivity contribution in [2.75, 3.05) is 18.8 Å². The molecule has 6 heteroatoms. The molecule has 36 heavy (non-hydrogen) atoms. The lowest BCUT2D eigenvalue weighted by Crippen LogP contribution is -2.38. The van der Waals surface area contributed by atoms with E-state index in [1.54, 1.807) is 11.8 Å². The number of benzene rings is 3. The second-order valence-corrected chi connectivity index (χ2v) is 10.4. The van der Waals surface area contributed by atoms with Crippen LogP contribution in [0.2, 0.25) is 0 Å². The number of rotatable bonds is 9. The van der Waals surface area contributed by atoms with Crippen LogP contribution in [-0.2, 0) is 11.2 Å². The molecule has 2 heterocycles. The standard InChI is InChI=1S/C30H32N4OS/c35-28(33-20-18-25(19-21-33)23-24-11-4-1-5-12-24)17-10-22-36-30-32-31-29(26-13-6-2-7-14-26)34(30)27-15-8-3-9-16-27/h1-9,11-16,25H,10,17-23H2. The molecule has 0 aliphatic carbocycles. The van der Waals surface area contributed by atoms with E-state index in [1.807, 2.05) is 36.4 Å². The lowest BCUT2D eigenvalue weighted by Gasteiger charge is -2.32. The number of amides is 1. The minimum atomic E-state index is 0.281. The zero-order chi connectivity index (χ0) is 24.6. The van der Waals surface area contributed by atoms with Gasteiger partial charge in [-0.15, -0.1) is 10.2 Å². The molecule has 5 nitrogen and oxygen atoms in total. The maximum absolute atomic E-state index is 12.8. The second kappa shape index (κ2) is 12.0. The SMILES string of the molecule is O=C(CCCSc1nnc(-c2ccccc2)n1-c1ccccc1)N1CCC(Cc2ccccc2)CC1. The lowest BCUT2D eigenvalue weighted by atomic mass is 9.90. The molecule has 1 fully saturated rings. The van der Waals surface area contributed by atoms with E-state index in [-0.39, 0.29) is 5.91 Å². The third kappa shape index (κ3) is 6.05. The Balaban J connectivity index is 1.13. The van der Waals surface area contributed by atoms with Gasteiger partial charge in [-0.2, -0.15) is 0 Å². The average Bonchev–Trinajstić information content (AvgIpc) is 3.37. The van der Waals surface area contributed by atoms with Crippen molar-refractivity contribution in [3.05, 3.63) is 96.6 Å². The third-order valence-electron chi connectivity index (χ3n) is 6.78. The van der Waals surface area contributed by atoms with Crippen LogP contribution in [0.4, 0.5) is 0 Å². The molecule has 5 rings (SSSR count). The Morgan fingerprint density at radius 2 is 1.47 bits per heavy atom. The Morgan fingerprint density at radius 1 is 0.833 bits per heavy atom. The number of carbonyl (C=O) groups is 1. The van der Waals surface area contributed by atoms with Gasteiger partial charge >= 0.3 is 0 Å². The van der Waals surface area contributed by atoms with Gasteiger partial charge in [0.1, 0.15) is 0 Å². The summed E-state index contributed by atoms with van der Waals surface area (Å²) in [5.74, 6) is 2.62. The molecule has 1 aromatic heterocycles. The summed E-state index contributed by atoms with van der Waals surface area (Å²) in [4.78, 5) is 14.9. The van der Waals surface area contributed by atoms with Crippen molar-refractivity contribution in [2.24, 2.45) is 5.92 Å². The van der Waals surface area contributed by atoms with Gasteiger partial charge in [-0.25, -0.2) is 0 Å². The number of para-hydroxylation sites is 1. The number of hydrogen-bond donors (Lipinski definition) is 0. The molecule has 0 atom stereocenters. The first-order valence-electron chi connectivity index (χ1n) is 12.8. The topological polar surface area (TPSA) is 51.0 Å². The summed E-state index contributed by atoms with van der Waals surface area (Å²) >= 11 is 1.67. The van der Waals surface area contributed by atoms with Crippen molar-refractivity contribution < 1.29 is 4.79 Å². The zero-order valence-corrected chi connectivity index (χ0v) is 21.3. The Labute approximate surface area is 217 Å². The van der Waals surface area contributed by atoms with Gasteiger partial charge in [-0.05, 0) is 49.3 Å². The van der Waals surface area contributed by atoms with E-state index in [0.717, 1.165) is 66.8 Å². The molecule has 0 radical (unpaired) electrons. The fourth-order valence-corrected chi connectivity index (χ4v) is 5.72. The molecular weight excluding hydrogens is 464 g/mol. The predicted molar refractivity (Wildman–Crippen MR) is 146 cm³/mol. The Hall–Kier alpha value is -3.38. The Bertz CT molecular complexity index is 1240. The van der Waals surface area contributed by atoms with Gasteiger partial charge < -0.3 is 4.90 Å². The van der Waals surface area contributed by atoms with Crippen molar-refractivity contribution in [3.63, 3.8) is 0 Å². The van der Waals surface area contributed by atoms with Crippen molar-refractivity contribution in [1.29, 1.82) is 0 Å². The van der Waals surface area contributed by atoms with E-state index in [2.05, 4.69) is 74.3 Å². The largest absolute Gasteiger partial charge is 0.343 e. The van der Waals surface area contributed by atoms with Crippen LogP contribution in [0.3, 0.4) is 0 Å². The van der Waals surface area contributed by atoms with Crippen LogP contribution >= 0.6 is 11.8 Å². The maximum atomic E-state index is 12.8. The van der Waals surface area contributed by atoms with Crippen molar-refractivity contribution >= 4 is 17.7 Å². The summed E-state index contributed by atoms with van der Waals surface area (Å²) in [5, 5.41) is 9.86.